The van der Waals surface area contributed by atoms with Crippen LogP contribution in [0, 0.1) is 5.82 Å². The average Bonchev–Trinajstić information content (AvgIpc) is 2.26. The van der Waals surface area contributed by atoms with Crippen molar-refractivity contribution in [1.29, 1.82) is 0 Å². The molecule has 0 aliphatic rings. The molecule has 0 aliphatic heterocycles. The molecule has 5 nitrogen and oxygen atoms in total. The molecule has 11 heteroatoms. The van der Waals surface area contributed by atoms with E-state index in [9.17, 15) is 30.8 Å². The second-order valence-corrected chi connectivity index (χ2v) is 5.93. The molecule has 0 unspecified atom stereocenters. The summed E-state index contributed by atoms with van der Waals surface area (Å²) in [6.45, 7) is -1.64. The van der Waals surface area contributed by atoms with Crippen LogP contribution >= 0.6 is 15.9 Å². The number of benzene rings is 1. The van der Waals surface area contributed by atoms with Gasteiger partial charge in [-0.15, -0.1) is 0 Å². The van der Waals surface area contributed by atoms with Crippen LogP contribution in [0.25, 0.3) is 0 Å². The van der Waals surface area contributed by atoms with Gasteiger partial charge in [0, 0.05) is 0 Å². The Hall–Kier alpha value is -1.20. The summed E-state index contributed by atoms with van der Waals surface area (Å²) in [5.41, 5.74) is -0.613. The zero-order chi connectivity index (χ0) is 15.7. The van der Waals surface area contributed by atoms with Crippen LogP contribution in [0.2, 0.25) is 0 Å². The number of nitrogens with two attached hydrogens (primary N) is 1. The molecule has 0 fully saturated rings. The number of amides is 1. The summed E-state index contributed by atoms with van der Waals surface area (Å²) >= 11 is 2.70. The lowest BCUT2D eigenvalue weighted by Gasteiger charge is -2.11. The first kappa shape index (κ1) is 16.9. The SMILES string of the molecule is NS(=O)(=O)c1cc(F)cc(C(=O)NCC(F)(F)F)c1Br. The molecule has 112 valence electrons. The van der Waals surface area contributed by atoms with Crippen LogP contribution in [0.3, 0.4) is 0 Å². The molecular weight excluding hydrogens is 372 g/mol. The van der Waals surface area contributed by atoms with Crippen molar-refractivity contribution in [2.24, 2.45) is 5.14 Å². The maximum atomic E-state index is 13.2. The van der Waals surface area contributed by atoms with Crippen LogP contribution in [-0.4, -0.2) is 27.0 Å². The minimum absolute atomic E-state index is 0.416. The van der Waals surface area contributed by atoms with Crippen LogP contribution in [-0.2, 0) is 10.0 Å². The fourth-order valence-corrected chi connectivity index (χ4v) is 2.93. The highest BCUT2D eigenvalue weighted by Gasteiger charge is 2.29. The monoisotopic (exact) mass is 378 g/mol. The zero-order valence-corrected chi connectivity index (χ0v) is 11.9. The largest absolute Gasteiger partial charge is 0.405 e. The highest BCUT2D eigenvalue weighted by atomic mass is 79.9. The number of alkyl halides is 3. The quantitative estimate of drug-likeness (QED) is 0.781. The predicted molar refractivity (Wildman–Crippen MR) is 63.9 cm³/mol. The summed E-state index contributed by atoms with van der Waals surface area (Å²) in [6.07, 6.45) is -4.65. The summed E-state index contributed by atoms with van der Waals surface area (Å²) in [4.78, 5) is 10.8. The normalized spacial score (nSPS) is 12.3. The molecule has 0 saturated heterocycles. The van der Waals surface area contributed by atoms with E-state index in [1.807, 2.05) is 0 Å². The standard InChI is InChI=1S/C9H7BrF4N2O3S/c10-7-5(8(17)16-3-9(12,13)14)1-4(11)2-6(7)20(15,18)19/h1-2H,3H2,(H,16,17)(H2,15,18,19). The zero-order valence-electron chi connectivity index (χ0n) is 9.46. The van der Waals surface area contributed by atoms with Crippen molar-refractivity contribution in [1.82, 2.24) is 5.32 Å². The summed E-state index contributed by atoms with van der Waals surface area (Å²) in [6, 6.07) is 1.13. The van der Waals surface area contributed by atoms with Crippen molar-refractivity contribution in [2.75, 3.05) is 6.54 Å². The fourth-order valence-electron chi connectivity index (χ4n) is 1.21. The van der Waals surface area contributed by atoms with E-state index in [2.05, 4.69) is 15.9 Å². The van der Waals surface area contributed by atoms with Gasteiger partial charge in [-0.25, -0.2) is 17.9 Å². The van der Waals surface area contributed by atoms with E-state index in [1.54, 1.807) is 0 Å². The molecule has 0 heterocycles. The van der Waals surface area contributed by atoms with E-state index in [-0.39, 0.29) is 0 Å². The van der Waals surface area contributed by atoms with Gasteiger partial charge in [-0.2, -0.15) is 13.2 Å². The van der Waals surface area contributed by atoms with Gasteiger partial charge in [0.05, 0.1) is 14.9 Å². The number of carbonyl (C=O) groups excluding carboxylic acids is 1. The number of carbonyl (C=O) groups is 1. The van der Waals surface area contributed by atoms with Crippen LogP contribution in [0.15, 0.2) is 21.5 Å². The van der Waals surface area contributed by atoms with Crippen LogP contribution in [0.1, 0.15) is 10.4 Å². The molecule has 0 atom stereocenters. The third-order valence-corrected chi connectivity index (χ3v) is 4.06. The second kappa shape index (κ2) is 5.66. The number of sulfonamides is 1. The minimum Gasteiger partial charge on any atom is -0.343 e. The van der Waals surface area contributed by atoms with E-state index < -0.39 is 49.4 Å². The number of rotatable bonds is 3. The van der Waals surface area contributed by atoms with Gasteiger partial charge < -0.3 is 5.32 Å². The van der Waals surface area contributed by atoms with Crippen molar-refractivity contribution in [3.8, 4) is 0 Å². The van der Waals surface area contributed by atoms with Gasteiger partial charge in [-0.1, -0.05) is 0 Å². The molecule has 1 aromatic rings. The molecule has 1 amide bonds. The van der Waals surface area contributed by atoms with Crippen molar-refractivity contribution in [3.63, 3.8) is 0 Å². The van der Waals surface area contributed by atoms with Crippen molar-refractivity contribution in [2.45, 2.75) is 11.1 Å². The minimum atomic E-state index is -4.65. The Morgan fingerprint density at radius 1 is 1.35 bits per heavy atom. The molecule has 0 saturated carbocycles. The molecule has 0 spiro atoms. The maximum absolute atomic E-state index is 13.2. The molecule has 0 aliphatic carbocycles. The average molecular weight is 379 g/mol. The first-order valence-electron chi connectivity index (χ1n) is 4.78. The third-order valence-electron chi connectivity index (χ3n) is 2.00. The Morgan fingerprint density at radius 3 is 2.35 bits per heavy atom. The third kappa shape index (κ3) is 4.42. The van der Waals surface area contributed by atoms with E-state index in [0.717, 1.165) is 0 Å². The van der Waals surface area contributed by atoms with Gasteiger partial charge in [0.1, 0.15) is 12.4 Å². The molecular formula is C9H7BrF4N2O3S. The van der Waals surface area contributed by atoms with Crippen LogP contribution in [0.5, 0.6) is 0 Å². The summed E-state index contributed by atoms with van der Waals surface area (Å²) in [5, 5.41) is 6.29. The smallest absolute Gasteiger partial charge is 0.343 e. The first-order valence-corrected chi connectivity index (χ1v) is 7.12. The van der Waals surface area contributed by atoms with E-state index in [0.29, 0.717) is 12.1 Å². The number of primary sulfonamides is 1. The Balaban J connectivity index is 3.20. The number of hydrogen-bond donors (Lipinski definition) is 2. The lowest BCUT2D eigenvalue weighted by atomic mass is 10.2. The van der Waals surface area contributed by atoms with Gasteiger partial charge in [0.25, 0.3) is 5.91 Å². The molecule has 0 bridgehead atoms. The number of nitrogens with one attached hydrogen (secondary N) is 1. The predicted octanol–water partition coefficient (Wildman–Crippen LogP) is 1.53. The highest BCUT2D eigenvalue weighted by Crippen LogP contribution is 2.26. The maximum Gasteiger partial charge on any atom is 0.405 e. The number of halogens is 5. The Bertz CT molecular complexity index is 645. The van der Waals surface area contributed by atoms with Crippen molar-refractivity contribution in [3.05, 3.63) is 28.0 Å². The van der Waals surface area contributed by atoms with E-state index in [1.165, 1.54) is 5.32 Å². The van der Waals surface area contributed by atoms with Crippen LogP contribution in [0.4, 0.5) is 17.6 Å². The lowest BCUT2D eigenvalue weighted by Crippen LogP contribution is -2.34. The van der Waals surface area contributed by atoms with Crippen molar-refractivity contribution < 1.29 is 30.8 Å². The van der Waals surface area contributed by atoms with E-state index >= 15 is 0 Å². The van der Waals surface area contributed by atoms with Gasteiger partial charge in [0.2, 0.25) is 10.0 Å². The summed E-state index contributed by atoms with van der Waals surface area (Å²) in [7, 11) is -4.34. The van der Waals surface area contributed by atoms with Gasteiger partial charge in [0.15, 0.2) is 0 Å². The van der Waals surface area contributed by atoms with Gasteiger partial charge in [-0.3, -0.25) is 4.79 Å². The van der Waals surface area contributed by atoms with Crippen molar-refractivity contribution >= 4 is 31.9 Å². The van der Waals surface area contributed by atoms with Gasteiger partial charge in [-0.05, 0) is 28.1 Å². The second-order valence-electron chi connectivity index (χ2n) is 3.61. The van der Waals surface area contributed by atoms with E-state index in [4.69, 9.17) is 5.14 Å². The molecule has 0 radical (unpaired) electrons. The lowest BCUT2D eigenvalue weighted by molar-refractivity contribution is -0.123. The first-order chi connectivity index (χ1) is 8.92. The van der Waals surface area contributed by atoms with Gasteiger partial charge >= 0.3 is 6.18 Å². The van der Waals surface area contributed by atoms with Crippen LogP contribution < -0.4 is 10.5 Å². The fraction of sp³-hybridized carbons (Fsp3) is 0.222. The topological polar surface area (TPSA) is 89.3 Å². The molecule has 20 heavy (non-hydrogen) atoms. The highest BCUT2D eigenvalue weighted by molar-refractivity contribution is 9.10. The Labute approximate surface area is 119 Å². The molecule has 1 aromatic carbocycles. The summed E-state index contributed by atoms with van der Waals surface area (Å²) < 4.78 is 71.0. The molecule has 3 N–H and O–H groups in total. The Kier molecular flexibility index (Phi) is 4.77. The molecule has 1 rings (SSSR count). The molecule has 0 aromatic heterocycles. The summed E-state index contributed by atoms with van der Waals surface area (Å²) in [5.74, 6) is -2.42. The Morgan fingerprint density at radius 2 is 1.90 bits per heavy atom. The number of hydrogen-bond acceptors (Lipinski definition) is 3.